The van der Waals surface area contributed by atoms with Gasteiger partial charge in [-0.2, -0.15) is 21.0 Å². The molecule has 0 spiro atoms. The molecular formula is C78H46N4O2S2. The first-order valence-electron chi connectivity index (χ1n) is 28.3. The number of nitrogens with zero attached hydrogens (tertiary/aromatic N) is 4. The van der Waals surface area contributed by atoms with Crippen LogP contribution in [0.25, 0.3) is 65.7 Å². The molecule has 11 aromatic rings. The quantitative estimate of drug-likeness (QED) is 0.120. The van der Waals surface area contributed by atoms with Crippen LogP contribution in [0.4, 0.5) is 0 Å². The highest BCUT2D eigenvalue weighted by atomic mass is 32.1. The lowest BCUT2D eigenvalue weighted by molar-refractivity contribution is 0.103. The molecule has 15 rings (SSSR count). The second-order valence-electron chi connectivity index (χ2n) is 22.8. The molecule has 0 unspecified atom stereocenters. The van der Waals surface area contributed by atoms with Gasteiger partial charge in [-0.3, -0.25) is 9.59 Å². The standard InChI is InChI=1S/C78H46N4O2S2/c1-43-13-23-51(24-14-43)77(52-25-15-44(2)16-26-52)65-31-21-47-33-55(35-63-69(49(39-79)40-80)57-9-5-7-11-59(57)73(63)83)85-75(47)71(65)61-38-68-62(37-67(61)77)72-66(78(68,53-27-17-45(3)18-28-53)54-29-19-46(4)20-30-54)32-22-48-34-56(86-76(48)72)36-64-70(50(41-81)42-82)58-10-6-8-12-60(58)74(64)84/h5-38H,1-4H3/b63-35-,64-36-. The lowest BCUT2D eigenvalue weighted by Gasteiger charge is -2.35. The minimum Gasteiger partial charge on any atom is -0.289 e. The molecule has 86 heavy (non-hydrogen) atoms. The Balaban J connectivity index is 1.06. The van der Waals surface area contributed by atoms with Crippen LogP contribution in [0.2, 0.25) is 0 Å². The number of benzene rings is 9. The minimum atomic E-state index is -0.844. The van der Waals surface area contributed by atoms with Gasteiger partial charge in [-0.15, -0.1) is 22.7 Å². The number of aryl methyl sites for hydroxylation is 4. The van der Waals surface area contributed by atoms with Crippen molar-refractivity contribution in [1.82, 2.24) is 0 Å². The van der Waals surface area contributed by atoms with Crippen LogP contribution < -0.4 is 0 Å². The van der Waals surface area contributed by atoms with E-state index in [4.69, 9.17) is 0 Å². The SMILES string of the molecule is Cc1ccc(C2(c3ccc(C)cc3)c3cc4c(cc3-c3c2ccc2cc(/C=C5\C(=O)c6ccccc6C5=C(C#N)C#N)sc32)C(c2ccc(C)cc2)(c2ccc(C)cc2)c2ccc3cc(/C=C5\C(=O)c6ccccc6C5=C(C#N)C#N)sc3c2-4)cc1. The summed E-state index contributed by atoms with van der Waals surface area (Å²) < 4.78 is 2.09. The van der Waals surface area contributed by atoms with Gasteiger partial charge < -0.3 is 0 Å². The summed E-state index contributed by atoms with van der Waals surface area (Å²) >= 11 is 3.22. The molecule has 0 saturated carbocycles. The summed E-state index contributed by atoms with van der Waals surface area (Å²) in [6, 6.07) is 76.8. The number of allylic oxidation sites excluding steroid dienone is 6. The summed E-state index contributed by atoms with van der Waals surface area (Å²) in [6.07, 6.45) is 3.74. The number of ketones is 2. The van der Waals surface area contributed by atoms with Gasteiger partial charge in [-0.1, -0.05) is 192 Å². The van der Waals surface area contributed by atoms with E-state index < -0.39 is 10.8 Å². The molecule has 0 amide bonds. The molecule has 0 saturated heterocycles. The van der Waals surface area contributed by atoms with Crippen LogP contribution in [0.5, 0.6) is 0 Å². The Hall–Kier alpha value is -10.8. The van der Waals surface area contributed by atoms with Crippen LogP contribution in [0, 0.1) is 73.0 Å². The first-order chi connectivity index (χ1) is 41.9. The molecule has 2 aromatic heterocycles. The first-order valence-corrected chi connectivity index (χ1v) is 30.0. The van der Waals surface area contributed by atoms with Crippen molar-refractivity contribution in [2.75, 3.05) is 0 Å². The zero-order valence-corrected chi connectivity index (χ0v) is 48.7. The van der Waals surface area contributed by atoms with Crippen molar-refractivity contribution in [2.24, 2.45) is 0 Å². The molecule has 0 atom stereocenters. The number of thiophene rings is 2. The van der Waals surface area contributed by atoms with Crippen LogP contribution in [-0.4, -0.2) is 11.6 Å². The fourth-order valence-corrected chi connectivity index (χ4v) is 16.6. The summed E-state index contributed by atoms with van der Waals surface area (Å²) in [5, 5.41) is 43.1. The van der Waals surface area contributed by atoms with E-state index in [2.05, 4.69) is 198 Å². The Morgan fingerprint density at radius 1 is 0.372 bits per heavy atom. The molecule has 6 nitrogen and oxygen atoms in total. The van der Waals surface area contributed by atoms with E-state index in [9.17, 15) is 30.6 Å². The maximum absolute atomic E-state index is 14.4. The molecule has 0 fully saturated rings. The third kappa shape index (κ3) is 7.25. The highest BCUT2D eigenvalue weighted by molar-refractivity contribution is 7.21. The van der Waals surface area contributed by atoms with Gasteiger partial charge in [0.15, 0.2) is 11.6 Å². The van der Waals surface area contributed by atoms with E-state index in [1.54, 1.807) is 46.9 Å². The van der Waals surface area contributed by atoms with Crippen LogP contribution in [0.1, 0.15) is 108 Å². The maximum Gasteiger partial charge on any atom is 0.194 e. The number of rotatable bonds is 6. The van der Waals surface area contributed by atoms with Gasteiger partial charge in [0.1, 0.15) is 35.4 Å². The lowest BCUT2D eigenvalue weighted by Crippen LogP contribution is -2.30. The van der Waals surface area contributed by atoms with E-state index in [1.807, 2.05) is 36.4 Å². The Morgan fingerprint density at radius 2 is 0.686 bits per heavy atom. The van der Waals surface area contributed by atoms with E-state index >= 15 is 0 Å². The van der Waals surface area contributed by atoms with E-state index in [0.717, 1.165) is 119 Å². The van der Waals surface area contributed by atoms with Crippen molar-refractivity contribution in [3.63, 3.8) is 0 Å². The Morgan fingerprint density at radius 3 is 1.00 bits per heavy atom. The van der Waals surface area contributed by atoms with Gasteiger partial charge >= 0.3 is 0 Å². The molecule has 0 N–H and O–H groups in total. The zero-order chi connectivity index (χ0) is 58.9. The Labute approximate surface area is 505 Å². The average Bonchev–Trinajstić information content (AvgIpc) is 1.50. The average molecular weight is 1140 g/mol. The van der Waals surface area contributed by atoms with E-state index in [-0.39, 0.29) is 22.7 Å². The Kier molecular flexibility index (Phi) is 11.7. The van der Waals surface area contributed by atoms with Gasteiger partial charge in [0.25, 0.3) is 0 Å². The molecule has 0 radical (unpaired) electrons. The van der Waals surface area contributed by atoms with E-state index in [1.165, 1.54) is 0 Å². The number of hydrogen-bond donors (Lipinski definition) is 0. The van der Waals surface area contributed by atoms with Gasteiger partial charge in [-0.25, -0.2) is 0 Å². The molecule has 2 heterocycles. The van der Waals surface area contributed by atoms with Crippen molar-refractivity contribution < 1.29 is 9.59 Å². The van der Waals surface area contributed by atoms with E-state index in [0.29, 0.717) is 44.5 Å². The largest absolute Gasteiger partial charge is 0.289 e. The topological polar surface area (TPSA) is 129 Å². The normalized spacial score (nSPS) is 15.4. The minimum absolute atomic E-state index is 0.106. The third-order valence-corrected chi connectivity index (χ3v) is 20.3. The molecule has 4 aliphatic carbocycles. The smallest absolute Gasteiger partial charge is 0.194 e. The number of fused-ring (bicyclic) bond motifs is 12. The Bertz CT molecular complexity index is 4750. The highest BCUT2D eigenvalue weighted by Crippen LogP contribution is 2.65. The summed E-state index contributed by atoms with van der Waals surface area (Å²) in [7, 11) is 0. The van der Waals surface area contributed by atoms with Crippen molar-refractivity contribution in [3.05, 3.63) is 315 Å². The number of nitriles is 4. The molecule has 9 aromatic carbocycles. The zero-order valence-electron chi connectivity index (χ0n) is 47.1. The van der Waals surface area contributed by atoms with Crippen molar-refractivity contribution in [1.29, 1.82) is 21.0 Å². The van der Waals surface area contributed by atoms with Crippen molar-refractivity contribution >= 4 is 77.7 Å². The second kappa shape index (κ2) is 19.4. The van der Waals surface area contributed by atoms with Crippen LogP contribution in [0.3, 0.4) is 0 Å². The lowest BCUT2D eigenvalue weighted by atomic mass is 9.65. The second-order valence-corrected chi connectivity index (χ2v) is 25.0. The molecular weight excluding hydrogens is 1090 g/mol. The van der Waals surface area contributed by atoms with Crippen molar-refractivity contribution in [2.45, 2.75) is 38.5 Å². The van der Waals surface area contributed by atoms with Gasteiger partial charge in [0, 0.05) is 63.7 Å². The number of carbonyl (C=O) groups excluding carboxylic acids is 2. The van der Waals surface area contributed by atoms with Gasteiger partial charge in [0.05, 0.1) is 10.8 Å². The van der Waals surface area contributed by atoms with Gasteiger partial charge in [-0.05, 0) is 142 Å². The summed E-state index contributed by atoms with van der Waals surface area (Å²) in [5.74, 6) is -0.448. The molecule has 0 aliphatic heterocycles. The molecule has 4 aliphatic rings. The van der Waals surface area contributed by atoms with Crippen LogP contribution in [-0.2, 0) is 10.8 Å². The predicted octanol–water partition coefficient (Wildman–Crippen LogP) is 18.2. The summed E-state index contributed by atoms with van der Waals surface area (Å²) in [5.41, 5.74) is 19.4. The van der Waals surface area contributed by atoms with Gasteiger partial charge in [0.2, 0.25) is 0 Å². The summed E-state index contributed by atoms with van der Waals surface area (Å²) in [6.45, 7) is 8.48. The number of Topliss-reactive ketones (excluding diaryl/α,β-unsaturated/α-hetero) is 2. The molecule has 8 heteroatoms. The molecule has 402 valence electrons. The molecule has 0 bridgehead atoms. The first kappa shape index (κ1) is 52.0. The maximum atomic E-state index is 14.4. The predicted molar refractivity (Wildman–Crippen MR) is 345 cm³/mol. The fourth-order valence-electron chi connectivity index (χ4n) is 14.2. The number of carbonyl (C=O) groups is 2. The highest BCUT2D eigenvalue weighted by Gasteiger charge is 2.53. The van der Waals surface area contributed by atoms with Crippen molar-refractivity contribution in [3.8, 4) is 46.5 Å². The number of hydrogen-bond acceptors (Lipinski definition) is 8. The third-order valence-electron chi connectivity index (χ3n) is 18.1. The monoisotopic (exact) mass is 1130 g/mol. The summed E-state index contributed by atoms with van der Waals surface area (Å²) in [4.78, 5) is 30.5. The van der Waals surface area contributed by atoms with Crippen LogP contribution >= 0.6 is 22.7 Å². The fraction of sp³-hybridized carbons (Fsp3) is 0.0769. The van der Waals surface area contributed by atoms with Crippen LogP contribution in [0.15, 0.2) is 216 Å².